The van der Waals surface area contributed by atoms with Crippen molar-refractivity contribution in [2.45, 2.75) is 32.1 Å². The summed E-state index contributed by atoms with van der Waals surface area (Å²) in [4.78, 5) is 12.7. The van der Waals surface area contributed by atoms with Crippen LogP contribution in [0, 0.1) is 28.1 Å². The Morgan fingerprint density at radius 1 is 1.20 bits per heavy atom. The first-order valence-corrected chi connectivity index (χ1v) is 8.21. The number of ether oxygens (including phenoxy) is 2. The van der Waals surface area contributed by atoms with E-state index < -0.39 is 16.8 Å². The standard InChI is InChI=1S/C20H24N2O3/c1-4-25-18(23)20(16-22,13-9-6-10-14-24-3)19(2,15-21)17-11-7-5-8-12-17/h5-9,11-12H,4,10,13-14H2,1-3H3/b9-6+/t19-,20-/m0/s1. The number of nitriles is 2. The summed E-state index contributed by atoms with van der Waals surface area (Å²) in [6, 6.07) is 13.2. The Bertz CT molecular complexity index is 672. The van der Waals surface area contributed by atoms with Crippen LogP contribution < -0.4 is 0 Å². The fraction of sp³-hybridized carbons (Fsp3) is 0.450. The van der Waals surface area contributed by atoms with Crippen molar-refractivity contribution >= 4 is 5.97 Å². The Morgan fingerprint density at radius 2 is 1.88 bits per heavy atom. The third-order valence-corrected chi connectivity index (χ3v) is 4.32. The van der Waals surface area contributed by atoms with Gasteiger partial charge in [-0.3, -0.25) is 4.79 Å². The van der Waals surface area contributed by atoms with Gasteiger partial charge in [0.15, 0.2) is 5.41 Å². The molecule has 2 atom stereocenters. The minimum Gasteiger partial charge on any atom is -0.465 e. The topological polar surface area (TPSA) is 83.1 Å². The molecule has 0 unspecified atom stereocenters. The van der Waals surface area contributed by atoms with Gasteiger partial charge in [0.1, 0.15) is 5.41 Å². The van der Waals surface area contributed by atoms with Gasteiger partial charge in [0.25, 0.3) is 0 Å². The van der Waals surface area contributed by atoms with Crippen LogP contribution in [0.3, 0.4) is 0 Å². The Hall–Kier alpha value is -2.63. The summed E-state index contributed by atoms with van der Waals surface area (Å²) in [5.41, 5.74) is -2.37. The van der Waals surface area contributed by atoms with E-state index in [4.69, 9.17) is 9.47 Å². The molecule has 5 heteroatoms. The maximum Gasteiger partial charge on any atom is 0.328 e. The molecular weight excluding hydrogens is 316 g/mol. The zero-order valence-electron chi connectivity index (χ0n) is 15.0. The lowest BCUT2D eigenvalue weighted by Gasteiger charge is -2.36. The van der Waals surface area contributed by atoms with Crippen LogP contribution in [0.1, 0.15) is 32.3 Å². The molecule has 0 amide bonds. The molecule has 0 heterocycles. The lowest BCUT2D eigenvalue weighted by Crippen LogP contribution is -2.48. The van der Waals surface area contributed by atoms with Crippen molar-refractivity contribution in [2.24, 2.45) is 5.41 Å². The van der Waals surface area contributed by atoms with Crippen molar-refractivity contribution in [1.82, 2.24) is 0 Å². The smallest absolute Gasteiger partial charge is 0.328 e. The molecule has 0 radical (unpaired) electrons. The summed E-state index contributed by atoms with van der Waals surface area (Å²) in [6.45, 7) is 3.99. The normalized spacial score (nSPS) is 15.6. The van der Waals surface area contributed by atoms with Gasteiger partial charge in [0.2, 0.25) is 0 Å². The fourth-order valence-electron chi connectivity index (χ4n) is 2.69. The molecule has 0 saturated carbocycles. The maximum absolute atomic E-state index is 12.7. The van der Waals surface area contributed by atoms with Gasteiger partial charge in [-0.05, 0) is 32.3 Å². The van der Waals surface area contributed by atoms with Crippen LogP contribution in [-0.4, -0.2) is 26.3 Å². The van der Waals surface area contributed by atoms with E-state index in [-0.39, 0.29) is 13.0 Å². The van der Waals surface area contributed by atoms with Crippen molar-refractivity contribution in [3.8, 4) is 12.1 Å². The van der Waals surface area contributed by atoms with Crippen molar-refractivity contribution in [2.75, 3.05) is 20.3 Å². The Morgan fingerprint density at radius 3 is 2.40 bits per heavy atom. The number of hydrogen-bond donors (Lipinski definition) is 0. The summed E-state index contributed by atoms with van der Waals surface area (Å²) in [7, 11) is 1.61. The molecule has 0 bridgehead atoms. The van der Waals surface area contributed by atoms with E-state index in [1.165, 1.54) is 0 Å². The minimum atomic E-state index is -1.64. The minimum absolute atomic E-state index is 0.0883. The predicted molar refractivity (Wildman–Crippen MR) is 94.3 cm³/mol. The molecule has 0 saturated heterocycles. The van der Waals surface area contributed by atoms with E-state index in [0.29, 0.717) is 18.6 Å². The molecule has 132 valence electrons. The van der Waals surface area contributed by atoms with Gasteiger partial charge >= 0.3 is 5.97 Å². The Labute approximate surface area is 149 Å². The molecule has 5 nitrogen and oxygen atoms in total. The number of carbonyl (C=O) groups excluding carboxylic acids is 1. The van der Waals surface area contributed by atoms with Gasteiger partial charge in [-0.15, -0.1) is 0 Å². The second-order valence-electron chi connectivity index (χ2n) is 5.80. The second kappa shape index (κ2) is 9.61. The van der Waals surface area contributed by atoms with Gasteiger partial charge in [-0.25, -0.2) is 0 Å². The summed E-state index contributed by atoms with van der Waals surface area (Å²) in [5.74, 6) is -0.679. The van der Waals surface area contributed by atoms with E-state index in [1.807, 2.05) is 12.1 Å². The molecular formula is C20H24N2O3. The molecule has 25 heavy (non-hydrogen) atoms. The number of benzene rings is 1. The number of methoxy groups -OCH3 is 1. The number of rotatable bonds is 9. The van der Waals surface area contributed by atoms with E-state index in [9.17, 15) is 15.3 Å². The van der Waals surface area contributed by atoms with Crippen molar-refractivity contribution in [3.63, 3.8) is 0 Å². The zero-order valence-corrected chi connectivity index (χ0v) is 15.0. The SMILES string of the molecule is CCOC(=O)[C@@](C#N)(C/C=C/CCOC)[C@@](C)(C#N)c1ccccc1. The lowest BCUT2D eigenvalue weighted by molar-refractivity contribution is -0.154. The molecule has 0 aliphatic rings. The number of nitrogens with zero attached hydrogens (tertiary/aromatic N) is 2. The number of carbonyl (C=O) groups is 1. The van der Waals surface area contributed by atoms with Crippen LogP contribution in [0.2, 0.25) is 0 Å². The first kappa shape index (κ1) is 20.4. The van der Waals surface area contributed by atoms with Crippen LogP contribution >= 0.6 is 0 Å². The summed E-state index contributed by atoms with van der Waals surface area (Å²) in [6.07, 6.45) is 4.34. The van der Waals surface area contributed by atoms with E-state index >= 15 is 0 Å². The van der Waals surface area contributed by atoms with Crippen LogP contribution in [0.4, 0.5) is 0 Å². The zero-order chi connectivity index (χ0) is 18.8. The van der Waals surface area contributed by atoms with Crippen molar-refractivity contribution in [1.29, 1.82) is 10.5 Å². The summed E-state index contributed by atoms with van der Waals surface area (Å²) < 4.78 is 10.2. The third-order valence-electron chi connectivity index (χ3n) is 4.32. The highest BCUT2D eigenvalue weighted by Crippen LogP contribution is 2.45. The first-order chi connectivity index (χ1) is 12.0. The largest absolute Gasteiger partial charge is 0.465 e. The molecule has 1 rings (SSSR count). The predicted octanol–water partition coefficient (Wildman–Crippen LogP) is 3.52. The number of allylic oxidation sites excluding steroid dienone is 1. The molecule has 1 aromatic carbocycles. The highest BCUT2D eigenvalue weighted by Gasteiger charge is 2.56. The van der Waals surface area contributed by atoms with Gasteiger partial charge in [-0.1, -0.05) is 42.5 Å². The summed E-state index contributed by atoms with van der Waals surface area (Å²) in [5, 5.41) is 19.9. The molecule has 0 N–H and O–H groups in total. The van der Waals surface area contributed by atoms with Gasteiger partial charge in [0.05, 0.1) is 18.7 Å². The Kier molecular flexibility index (Phi) is 7.85. The van der Waals surface area contributed by atoms with Crippen molar-refractivity contribution < 1.29 is 14.3 Å². The number of hydrogen-bond acceptors (Lipinski definition) is 5. The van der Waals surface area contributed by atoms with Crippen LogP contribution in [0.25, 0.3) is 0 Å². The lowest BCUT2D eigenvalue weighted by atomic mass is 9.60. The van der Waals surface area contributed by atoms with Gasteiger partial charge in [0, 0.05) is 13.7 Å². The van der Waals surface area contributed by atoms with Crippen LogP contribution in [0.15, 0.2) is 42.5 Å². The van der Waals surface area contributed by atoms with E-state index in [2.05, 4.69) is 12.1 Å². The second-order valence-corrected chi connectivity index (χ2v) is 5.80. The number of esters is 1. The van der Waals surface area contributed by atoms with Crippen LogP contribution in [0.5, 0.6) is 0 Å². The maximum atomic E-state index is 12.7. The molecule has 0 aliphatic heterocycles. The highest BCUT2D eigenvalue weighted by atomic mass is 16.5. The summed E-state index contributed by atoms with van der Waals surface area (Å²) >= 11 is 0. The molecule has 1 aromatic rings. The van der Waals surface area contributed by atoms with E-state index in [0.717, 1.165) is 0 Å². The van der Waals surface area contributed by atoms with E-state index in [1.54, 1.807) is 51.3 Å². The quantitative estimate of drug-likeness (QED) is 0.390. The highest BCUT2D eigenvalue weighted by molar-refractivity contribution is 5.84. The van der Waals surface area contributed by atoms with Gasteiger partial charge < -0.3 is 9.47 Å². The first-order valence-electron chi connectivity index (χ1n) is 8.21. The molecule has 0 spiro atoms. The fourth-order valence-corrected chi connectivity index (χ4v) is 2.69. The van der Waals surface area contributed by atoms with Crippen molar-refractivity contribution in [3.05, 3.63) is 48.0 Å². The third kappa shape index (κ3) is 4.26. The van der Waals surface area contributed by atoms with Crippen LogP contribution in [-0.2, 0) is 19.7 Å². The average Bonchev–Trinajstić information content (AvgIpc) is 2.65. The molecule has 0 aliphatic carbocycles. The molecule has 0 aromatic heterocycles. The van der Waals surface area contributed by atoms with Gasteiger partial charge in [-0.2, -0.15) is 10.5 Å². The average molecular weight is 340 g/mol. The Balaban J connectivity index is 3.38. The monoisotopic (exact) mass is 340 g/mol. The molecule has 0 fully saturated rings.